The second-order valence-electron chi connectivity index (χ2n) is 3.25. The van der Waals surface area contributed by atoms with E-state index in [1.54, 1.807) is 6.08 Å². The van der Waals surface area contributed by atoms with Crippen molar-refractivity contribution in [3.8, 4) is 0 Å². The van der Waals surface area contributed by atoms with Crippen molar-refractivity contribution in [2.24, 2.45) is 5.92 Å². The molecular weight excluding hydrogens is 158 g/mol. The van der Waals surface area contributed by atoms with Crippen molar-refractivity contribution in [1.29, 1.82) is 0 Å². The van der Waals surface area contributed by atoms with Crippen LogP contribution in [0.5, 0.6) is 0 Å². The Morgan fingerprint density at radius 1 is 1.75 bits per heavy atom. The predicted molar refractivity (Wildman–Crippen MR) is 40.1 cm³/mol. The maximum atomic E-state index is 11.0. The van der Waals surface area contributed by atoms with Crippen LogP contribution in [0.4, 0.5) is 0 Å². The average Bonchev–Trinajstić information content (AvgIpc) is 2.22. The highest BCUT2D eigenvalue weighted by molar-refractivity contribution is 5.97. The van der Waals surface area contributed by atoms with E-state index in [1.165, 1.54) is 4.90 Å². The van der Waals surface area contributed by atoms with Crippen LogP contribution in [-0.4, -0.2) is 27.9 Å². The third-order valence-corrected chi connectivity index (χ3v) is 2.49. The Morgan fingerprint density at radius 2 is 2.42 bits per heavy atom. The Morgan fingerprint density at radius 3 is 2.83 bits per heavy atom. The number of carbonyl (C=O) groups excluding carboxylic acids is 1. The smallest absolute Gasteiger partial charge is 0.352 e. The summed E-state index contributed by atoms with van der Waals surface area (Å²) in [6.07, 6.45) is 2.15. The number of carbonyl (C=O) groups is 2. The van der Waals surface area contributed by atoms with Gasteiger partial charge in [0, 0.05) is 6.42 Å². The zero-order valence-electron chi connectivity index (χ0n) is 6.65. The molecular formula is C8H9NO3. The van der Waals surface area contributed by atoms with Crippen LogP contribution in [0, 0.1) is 5.92 Å². The summed E-state index contributed by atoms with van der Waals surface area (Å²) in [5, 5.41) is 8.71. The minimum absolute atomic E-state index is 0.0713. The zero-order valence-corrected chi connectivity index (χ0v) is 6.65. The summed E-state index contributed by atoms with van der Waals surface area (Å²) in [5.74, 6) is -0.885. The zero-order chi connectivity index (χ0) is 8.88. The minimum Gasteiger partial charge on any atom is -0.477 e. The monoisotopic (exact) mass is 167 g/mol. The van der Waals surface area contributed by atoms with Gasteiger partial charge in [0.15, 0.2) is 0 Å². The second kappa shape index (κ2) is 2.09. The molecule has 12 heavy (non-hydrogen) atoms. The lowest BCUT2D eigenvalue weighted by molar-refractivity contribution is -0.148. The summed E-state index contributed by atoms with van der Waals surface area (Å²) in [6, 6.07) is 0.114. The van der Waals surface area contributed by atoms with E-state index in [1.807, 2.05) is 6.92 Å². The molecule has 0 spiro atoms. The molecule has 1 amide bonds. The highest BCUT2D eigenvalue weighted by Crippen LogP contribution is 2.37. The van der Waals surface area contributed by atoms with E-state index in [0.717, 1.165) is 0 Å². The molecule has 1 saturated heterocycles. The van der Waals surface area contributed by atoms with E-state index in [4.69, 9.17) is 5.11 Å². The molecule has 1 unspecified atom stereocenters. The van der Waals surface area contributed by atoms with Gasteiger partial charge in [0.05, 0.1) is 6.04 Å². The van der Waals surface area contributed by atoms with E-state index < -0.39 is 5.97 Å². The number of β-lactam (4-membered cyclic amide) rings is 1. The van der Waals surface area contributed by atoms with Crippen molar-refractivity contribution in [3.05, 3.63) is 11.8 Å². The third-order valence-electron chi connectivity index (χ3n) is 2.49. The maximum absolute atomic E-state index is 11.0. The molecule has 0 aromatic heterocycles. The fourth-order valence-electron chi connectivity index (χ4n) is 1.79. The van der Waals surface area contributed by atoms with Crippen LogP contribution in [0.25, 0.3) is 0 Å². The summed E-state index contributed by atoms with van der Waals surface area (Å²) >= 11 is 0. The van der Waals surface area contributed by atoms with Gasteiger partial charge in [-0.2, -0.15) is 0 Å². The maximum Gasteiger partial charge on any atom is 0.352 e. The third kappa shape index (κ3) is 0.719. The van der Waals surface area contributed by atoms with Gasteiger partial charge in [0.1, 0.15) is 5.70 Å². The lowest BCUT2D eigenvalue weighted by Crippen LogP contribution is -2.51. The van der Waals surface area contributed by atoms with Gasteiger partial charge in [-0.05, 0) is 12.0 Å². The molecule has 2 rings (SSSR count). The molecule has 1 fully saturated rings. The van der Waals surface area contributed by atoms with Gasteiger partial charge in [-0.1, -0.05) is 6.92 Å². The van der Waals surface area contributed by atoms with E-state index in [2.05, 4.69) is 0 Å². The molecule has 2 heterocycles. The van der Waals surface area contributed by atoms with Crippen molar-refractivity contribution in [2.45, 2.75) is 19.4 Å². The molecule has 64 valence electrons. The first-order valence-corrected chi connectivity index (χ1v) is 3.88. The molecule has 4 heteroatoms. The van der Waals surface area contributed by atoms with Gasteiger partial charge in [0.25, 0.3) is 0 Å². The number of aliphatic carboxylic acids is 1. The molecule has 0 aromatic rings. The fourth-order valence-corrected chi connectivity index (χ4v) is 1.79. The summed E-state index contributed by atoms with van der Waals surface area (Å²) < 4.78 is 0. The van der Waals surface area contributed by atoms with Crippen molar-refractivity contribution in [2.75, 3.05) is 0 Å². The van der Waals surface area contributed by atoms with Crippen LogP contribution in [0.15, 0.2) is 11.8 Å². The van der Waals surface area contributed by atoms with Crippen LogP contribution in [0.1, 0.15) is 13.3 Å². The molecule has 0 aromatic carbocycles. The molecule has 2 aliphatic rings. The Hall–Kier alpha value is -1.32. The number of hydrogen-bond acceptors (Lipinski definition) is 2. The number of amides is 1. The Labute approximate surface area is 69.5 Å². The topological polar surface area (TPSA) is 57.6 Å². The number of hydrogen-bond donors (Lipinski definition) is 1. The lowest BCUT2D eigenvalue weighted by Gasteiger charge is -2.37. The van der Waals surface area contributed by atoms with Crippen molar-refractivity contribution in [1.82, 2.24) is 4.90 Å². The SMILES string of the molecule is CC1C=C(C(=O)O)N2C(=O)C[C@@H]12. The van der Waals surface area contributed by atoms with Crippen molar-refractivity contribution in [3.63, 3.8) is 0 Å². The van der Waals surface area contributed by atoms with E-state index in [9.17, 15) is 9.59 Å². The average molecular weight is 167 g/mol. The van der Waals surface area contributed by atoms with Gasteiger partial charge in [-0.15, -0.1) is 0 Å². The van der Waals surface area contributed by atoms with E-state index in [0.29, 0.717) is 6.42 Å². The Bertz CT molecular complexity index is 295. The number of rotatable bonds is 1. The van der Waals surface area contributed by atoms with Crippen LogP contribution in [0.2, 0.25) is 0 Å². The number of fused-ring (bicyclic) bond motifs is 1. The highest BCUT2D eigenvalue weighted by Gasteiger charge is 2.47. The highest BCUT2D eigenvalue weighted by atomic mass is 16.4. The summed E-state index contributed by atoms with van der Waals surface area (Å²) in [7, 11) is 0. The van der Waals surface area contributed by atoms with E-state index >= 15 is 0 Å². The molecule has 0 aliphatic carbocycles. The van der Waals surface area contributed by atoms with Crippen LogP contribution < -0.4 is 0 Å². The van der Waals surface area contributed by atoms with Crippen molar-refractivity contribution < 1.29 is 14.7 Å². The summed E-state index contributed by atoms with van der Waals surface area (Å²) in [5.41, 5.74) is 0.156. The second-order valence-corrected chi connectivity index (χ2v) is 3.25. The molecule has 0 saturated carbocycles. The van der Waals surface area contributed by atoms with Gasteiger partial charge < -0.3 is 10.0 Å². The Kier molecular flexibility index (Phi) is 1.28. The first-order chi connectivity index (χ1) is 5.61. The summed E-state index contributed by atoms with van der Waals surface area (Å²) in [4.78, 5) is 23.0. The first kappa shape index (κ1) is 7.34. The van der Waals surface area contributed by atoms with E-state index in [-0.39, 0.29) is 23.6 Å². The quantitative estimate of drug-likeness (QED) is 0.568. The molecule has 0 radical (unpaired) electrons. The van der Waals surface area contributed by atoms with Gasteiger partial charge >= 0.3 is 5.97 Å². The van der Waals surface area contributed by atoms with Gasteiger partial charge in [-0.3, -0.25) is 4.79 Å². The number of carboxylic acids is 1. The lowest BCUT2D eigenvalue weighted by atomic mass is 9.94. The molecule has 1 N–H and O–H groups in total. The van der Waals surface area contributed by atoms with Crippen LogP contribution in [-0.2, 0) is 9.59 Å². The van der Waals surface area contributed by atoms with Crippen LogP contribution in [0.3, 0.4) is 0 Å². The number of carboxylic acid groups (broad SMARTS) is 1. The summed E-state index contributed by atoms with van der Waals surface area (Å²) in [6.45, 7) is 1.93. The molecule has 0 bridgehead atoms. The van der Waals surface area contributed by atoms with Crippen LogP contribution >= 0.6 is 0 Å². The molecule has 2 atom stereocenters. The predicted octanol–water partition coefficient (Wildman–Crippen LogP) is 0.205. The van der Waals surface area contributed by atoms with Crippen molar-refractivity contribution >= 4 is 11.9 Å². The standard InChI is InChI=1S/C8H9NO3/c1-4-2-6(8(11)12)9-5(4)3-7(9)10/h2,4-5H,3H2,1H3,(H,11,12)/t4?,5-/m0/s1. The first-order valence-electron chi connectivity index (χ1n) is 3.88. The normalized spacial score (nSPS) is 32.6. The van der Waals surface area contributed by atoms with Gasteiger partial charge in [-0.25, -0.2) is 4.79 Å². The Balaban J connectivity index is 2.29. The fraction of sp³-hybridized carbons (Fsp3) is 0.500. The molecule has 2 aliphatic heterocycles. The molecule has 4 nitrogen and oxygen atoms in total. The largest absolute Gasteiger partial charge is 0.477 e. The van der Waals surface area contributed by atoms with Gasteiger partial charge in [0.2, 0.25) is 5.91 Å². The number of nitrogens with zero attached hydrogens (tertiary/aromatic N) is 1. The minimum atomic E-state index is -1.00.